The van der Waals surface area contributed by atoms with Gasteiger partial charge in [-0.25, -0.2) is 0 Å². The Balaban J connectivity index is -0.00000000500. The zero-order valence-corrected chi connectivity index (χ0v) is 3.25. The summed E-state index contributed by atoms with van der Waals surface area (Å²) in [6.45, 7) is 0. The molecule has 0 aromatic rings. The Morgan fingerprint density at radius 2 is 1.25 bits per heavy atom. The van der Waals surface area contributed by atoms with Crippen LogP contribution in [-0.2, 0) is 4.46 Å². The largest absolute Gasteiger partial charge is 0.381 e. The molecule has 4 heavy (non-hydrogen) atoms. The molecule has 0 atom stereocenters. The van der Waals surface area contributed by atoms with Gasteiger partial charge in [0.2, 0.25) is 0 Å². The van der Waals surface area contributed by atoms with E-state index in [2.05, 4.69) is 0 Å². The molecule has 0 aliphatic carbocycles. The van der Waals surface area contributed by atoms with Gasteiger partial charge in [-0.15, -0.1) is 0 Å². The van der Waals surface area contributed by atoms with Gasteiger partial charge >= 0.3 is 10.1 Å². The molecule has 21 valence electrons. The lowest BCUT2D eigenvalue weighted by atomic mass is 10.8. The average Bonchev–Trinajstić information content (AvgIpc) is 1.00. The molecule has 0 heterocycles. The Kier molecular flexibility index (Phi) is 515. The van der Waals surface area contributed by atoms with Crippen LogP contribution in [0.1, 0.15) is 0 Å². The number of rotatable bonds is 0. The summed E-state index contributed by atoms with van der Waals surface area (Å²) in [6.07, 6.45) is 0. The summed E-state index contributed by atoms with van der Waals surface area (Å²) >= 11 is 0. The van der Waals surface area contributed by atoms with Crippen LogP contribution in [0.25, 0.3) is 0 Å². The summed E-state index contributed by atoms with van der Waals surface area (Å²) in [6, 6.07) is 0. The van der Waals surface area contributed by atoms with E-state index in [-0.39, 0.29) is 18.3 Å². The Morgan fingerprint density at radius 3 is 1.25 bits per heavy atom. The molecular weight excluding hydrogens is 85.9 g/mol. The topological polar surface area (TPSA) is 17.1 Å². The van der Waals surface area contributed by atoms with E-state index in [1.807, 2.05) is 0 Å². The van der Waals surface area contributed by atoms with E-state index in [1.165, 1.54) is 0 Å². The van der Waals surface area contributed by atoms with Crippen LogP contribution in [0.4, 0.5) is 0 Å². The van der Waals surface area contributed by atoms with Crippen molar-refractivity contribution in [1.82, 2.24) is 0 Å². The minimum Gasteiger partial charge on any atom is -0.381 e. The van der Waals surface area contributed by atoms with Crippen molar-refractivity contribution in [3.63, 3.8) is 0 Å². The SMILES string of the molecule is B.O=[Si].[P]. The van der Waals surface area contributed by atoms with Crippen molar-refractivity contribution in [3.8, 4) is 0 Å². The molecule has 0 unspecified atom stereocenters. The summed E-state index contributed by atoms with van der Waals surface area (Å²) in [7, 11) is 1.72. The third kappa shape index (κ3) is 21.9. The minimum atomic E-state index is 0. The lowest BCUT2D eigenvalue weighted by Crippen LogP contribution is -0.969. The van der Waals surface area contributed by atoms with Crippen LogP contribution in [0.15, 0.2) is 0 Å². The molecule has 0 saturated carbocycles. The van der Waals surface area contributed by atoms with Crippen molar-refractivity contribution in [3.05, 3.63) is 0 Å². The highest BCUT2D eigenvalue weighted by Gasteiger charge is 0.803. The normalized spacial score (nSPS) is 1.00. The van der Waals surface area contributed by atoms with Gasteiger partial charge in [-0.05, 0) is 0 Å². The lowest BCUT2D eigenvalue weighted by Gasteiger charge is -0.803. The van der Waals surface area contributed by atoms with Crippen LogP contribution < -0.4 is 0 Å². The van der Waals surface area contributed by atoms with Gasteiger partial charge in [0.05, 0.1) is 8.41 Å². The number of hydrogen-bond acceptors (Lipinski definition) is 1. The molecule has 5 radical (unpaired) electrons. The molecule has 0 N–H and O–H groups in total. The van der Waals surface area contributed by atoms with Gasteiger partial charge in [-0.2, -0.15) is 0 Å². The molecule has 0 aliphatic heterocycles. The molecule has 0 aliphatic rings. The van der Waals surface area contributed by atoms with Gasteiger partial charge in [0.25, 0.3) is 0 Å². The zero-order valence-electron chi connectivity index (χ0n) is 1.36. The quantitative estimate of drug-likeness (QED) is 0.280. The van der Waals surface area contributed by atoms with Crippen LogP contribution in [0, 0.1) is 0 Å². The fourth-order valence-corrected chi connectivity index (χ4v) is 0. The highest BCUT2D eigenvalue weighted by Crippen LogP contribution is 0.861. The van der Waals surface area contributed by atoms with Crippen molar-refractivity contribution in [2.45, 2.75) is 0 Å². The smallest absolute Gasteiger partial charge is 0.381 e. The third-order valence-electron chi connectivity index (χ3n) is 0. The van der Waals surface area contributed by atoms with E-state index in [0.29, 0.717) is 0 Å². The summed E-state index contributed by atoms with van der Waals surface area (Å²) in [5.74, 6) is 0. The molecule has 4 heteroatoms. The highest BCUT2D eigenvalue weighted by molar-refractivity contribution is 6.92. The maximum atomic E-state index is 8.06. The van der Waals surface area contributed by atoms with Crippen molar-refractivity contribution in [1.29, 1.82) is 0 Å². The predicted octanol–water partition coefficient (Wildman–Crippen LogP) is -0.822. The van der Waals surface area contributed by atoms with Crippen molar-refractivity contribution in [2.24, 2.45) is 0 Å². The Morgan fingerprint density at radius 1 is 1.25 bits per heavy atom. The first kappa shape index (κ1) is 24.3. The molecule has 0 aromatic heterocycles. The van der Waals surface area contributed by atoms with Crippen LogP contribution in [0.2, 0.25) is 0 Å². The predicted molar refractivity (Wildman–Crippen MR) is 23.3 cm³/mol. The molecule has 0 amide bonds. The zero-order chi connectivity index (χ0) is 2.00. The van der Waals surface area contributed by atoms with Gasteiger partial charge in [-0.1, -0.05) is 0 Å². The van der Waals surface area contributed by atoms with Crippen LogP contribution >= 0.6 is 9.90 Å². The van der Waals surface area contributed by atoms with Crippen LogP contribution in [0.5, 0.6) is 0 Å². The summed E-state index contributed by atoms with van der Waals surface area (Å²) in [5.41, 5.74) is 0. The van der Waals surface area contributed by atoms with Crippen molar-refractivity contribution < 1.29 is 4.46 Å². The lowest BCUT2D eigenvalue weighted by molar-refractivity contribution is 0.590. The highest BCUT2D eigenvalue weighted by atomic mass is 31.0. The molecule has 0 aromatic carbocycles. The maximum absolute atomic E-state index is 8.06. The molecule has 0 saturated heterocycles. The van der Waals surface area contributed by atoms with Gasteiger partial charge < -0.3 is 4.46 Å². The number of hydrogen-bond donors (Lipinski definition) is 0. The summed E-state index contributed by atoms with van der Waals surface area (Å²) < 4.78 is 8.06. The van der Waals surface area contributed by atoms with E-state index < -0.39 is 0 Å². The fraction of sp³-hybridized carbons (Fsp3) is 0. The second kappa shape index (κ2) is 84.6. The first-order chi connectivity index (χ1) is 1.00. The van der Waals surface area contributed by atoms with Crippen LogP contribution in [-0.4, -0.2) is 18.5 Å². The second-order valence-corrected chi connectivity index (χ2v) is 0. The first-order valence-corrected chi connectivity index (χ1v) is 0.612. The standard InChI is InChI=1S/BH3.OSi.P/c;1-2;/h1H3;;. The Hall–Kier alpha value is 0.512. The first-order valence-electron chi connectivity index (χ1n) is 0.204. The van der Waals surface area contributed by atoms with Crippen molar-refractivity contribution >= 4 is 28.4 Å². The van der Waals surface area contributed by atoms with Crippen molar-refractivity contribution in [2.75, 3.05) is 0 Å². The molecule has 1 nitrogen and oxygen atoms in total. The van der Waals surface area contributed by atoms with Gasteiger partial charge in [0.15, 0.2) is 0 Å². The van der Waals surface area contributed by atoms with E-state index >= 15 is 0 Å². The molecule has 0 rings (SSSR count). The molecule has 0 bridgehead atoms. The van der Waals surface area contributed by atoms with Gasteiger partial charge in [0.1, 0.15) is 0 Å². The average molecular weight is 88.9 g/mol. The summed E-state index contributed by atoms with van der Waals surface area (Å²) in [5, 5.41) is 0. The van der Waals surface area contributed by atoms with Gasteiger partial charge in [0, 0.05) is 9.90 Å². The summed E-state index contributed by atoms with van der Waals surface area (Å²) in [4.78, 5) is 0. The minimum absolute atomic E-state index is 0. The fourth-order valence-electron chi connectivity index (χ4n) is 0. The van der Waals surface area contributed by atoms with Crippen LogP contribution in [0.3, 0.4) is 0 Å². The maximum Gasteiger partial charge on any atom is 0.381 e. The molecule has 0 fully saturated rings. The molecule has 0 spiro atoms. The monoisotopic (exact) mass is 89.0 g/mol. The van der Waals surface area contributed by atoms with E-state index in [0.717, 1.165) is 0 Å². The second-order valence-electron chi connectivity index (χ2n) is 0. The molecular formula is H3BOPSi. The van der Waals surface area contributed by atoms with E-state index in [1.54, 1.807) is 10.1 Å². The Bertz CT molecular complexity index is 8.00. The van der Waals surface area contributed by atoms with Gasteiger partial charge in [-0.3, -0.25) is 0 Å². The third-order valence-corrected chi connectivity index (χ3v) is 0. The van der Waals surface area contributed by atoms with E-state index in [9.17, 15) is 0 Å². The Labute approximate surface area is 33.8 Å². The van der Waals surface area contributed by atoms with E-state index in [4.69, 9.17) is 4.46 Å².